The molecule has 0 aliphatic carbocycles. The third kappa shape index (κ3) is 6.35. The number of nitrogens with zero attached hydrogens (tertiary/aromatic N) is 2. The molecule has 0 bridgehead atoms. The number of rotatable bonds is 9. The molecule has 0 radical (unpaired) electrons. The minimum Gasteiger partial charge on any atom is -0.497 e. The van der Waals surface area contributed by atoms with Crippen molar-refractivity contribution in [3.63, 3.8) is 0 Å². The van der Waals surface area contributed by atoms with Crippen LogP contribution in [0, 0.1) is 0 Å². The van der Waals surface area contributed by atoms with Crippen molar-refractivity contribution in [1.82, 2.24) is 15.5 Å². The summed E-state index contributed by atoms with van der Waals surface area (Å²) in [5, 5.41) is 8.88. The monoisotopic (exact) mass is 374 g/mol. The number of thiophene rings is 1. The molecule has 0 aliphatic heterocycles. The van der Waals surface area contributed by atoms with Crippen molar-refractivity contribution in [3.05, 3.63) is 52.2 Å². The highest BCUT2D eigenvalue weighted by molar-refractivity contribution is 7.09. The smallest absolute Gasteiger partial charge is 0.191 e. The molecule has 2 N–H and O–H groups in total. The number of methoxy groups -OCH3 is 1. The van der Waals surface area contributed by atoms with Crippen LogP contribution in [0.15, 0.2) is 46.8 Å². The van der Waals surface area contributed by atoms with Gasteiger partial charge in [0, 0.05) is 18.0 Å². The predicted molar refractivity (Wildman–Crippen MR) is 111 cm³/mol. The van der Waals surface area contributed by atoms with E-state index in [4.69, 9.17) is 9.73 Å². The Morgan fingerprint density at radius 2 is 2.08 bits per heavy atom. The van der Waals surface area contributed by atoms with Crippen molar-refractivity contribution in [2.24, 2.45) is 4.99 Å². The molecule has 2 aromatic rings. The number of guanidine groups is 1. The summed E-state index contributed by atoms with van der Waals surface area (Å²) in [5.74, 6) is 1.73. The summed E-state index contributed by atoms with van der Waals surface area (Å²) < 4.78 is 5.36. The highest BCUT2D eigenvalue weighted by Crippen LogP contribution is 2.22. The molecule has 0 saturated carbocycles. The van der Waals surface area contributed by atoms with E-state index in [9.17, 15) is 0 Å². The summed E-state index contributed by atoms with van der Waals surface area (Å²) >= 11 is 1.79. The summed E-state index contributed by atoms with van der Waals surface area (Å²) in [6, 6.07) is 12.7. The molecule has 0 aliphatic rings. The van der Waals surface area contributed by atoms with E-state index in [-0.39, 0.29) is 6.04 Å². The molecule has 0 fully saturated rings. The van der Waals surface area contributed by atoms with E-state index >= 15 is 0 Å². The molecule has 1 heterocycles. The van der Waals surface area contributed by atoms with E-state index in [1.54, 1.807) is 18.4 Å². The van der Waals surface area contributed by atoms with Crippen LogP contribution < -0.4 is 15.4 Å². The van der Waals surface area contributed by atoms with E-state index in [1.165, 1.54) is 10.4 Å². The Morgan fingerprint density at radius 3 is 2.73 bits per heavy atom. The average Bonchev–Trinajstić information content (AvgIpc) is 3.15. The molecule has 1 unspecified atom stereocenters. The summed E-state index contributed by atoms with van der Waals surface area (Å²) in [5.41, 5.74) is 1.20. The third-order valence-electron chi connectivity index (χ3n) is 4.11. The lowest BCUT2D eigenvalue weighted by atomic mass is 10.1. The van der Waals surface area contributed by atoms with Crippen molar-refractivity contribution in [1.29, 1.82) is 0 Å². The molecule has 6 heteroatoms. The highest BCUT2D eigenvalue weighted by Gasteiger charge is 2.14. The van der Waals surface area contributed by atoms with Gasteiger partial charge >= 0.3 is 0 Å². The lowest BCUT2D eigenvalue weighted by Gasteiger charge is -2.24. The van der Waals surface area contributed by atoms with Gasteiger partial charge in [0.25, 0.3) is 0 Å². The number of hydrogen-bond acceptors (Lipinski definition) is 4. The zero-order chi connectivity index (χ0) is 18.8. The zero-order valence-corrected chi connectivity index (χ0v) is 17.0. The minimum absolute atomic E-state index is 0.192. The summed E-state index contributed by atoms with van der Waals surface area (Å²) in [4.78, 5) is 8.37. The fraction of sp³-hybridized carbons (Fsp3) is 0.450. The number of hydrogen-bond donors (Lipinski definition) is 2. The van der Waals surface area contributed by atoms with Gasteiger partial charge in [-0.15, -0.1) is 11.3 Å². The molecule has 0 saturated heterocycles. The molecule has 2 rings (SSSR count). The van der Waals surface area contributed by atoms with Crippen LogP contribution in [0.4, 0.5) is 0 Å². The first kappa shape index (κ1) is 20.3. The maximum atomic E-state index is 5.36. The molecule has 26 heavy (non-hydrogen) atoms. The Kier molecular flexibility index (Phi) is 8.44. The van der Waals surface area contributed by atoms with Crippen LogP contribution >= 0.6 is 11.3 Å². The van der Waals surface area contributed by atoms with Gasteiger partial charge in [-0.2, -0.15) is 0 Å². The summed E-state index contributed by atoms with van der Waals surface area (Å²) in [7, 11) is 5.86. The van der Waals surface area contributed by atoms with Gasteiger partial charge in [-0.3, -0.25) is 4.99 Å². The maximum absolute atomic E-state index is 5.36. The van der Waals surface area contributed by atoms with Gasteiger partial charge in [0.15, 0.2) is 5.96 Å². The van der Waals surface area contributed by atoms with Gasteiger partial charge < -0.3 is 20.3 Å². The number of likely N-dealkylation sites (N-methyl/N-ethyl adjacent to an activating group) is 1. The first-order chi connectivity index (χ1) is 12.6. The van der Waals surface area contributed by atoms with Crippen molar-refractivity contribution < 1.29 is 4.74 Å². The van der Waals surface area contributed by atoms with Crippen LogP contribution in [0.5, 0.6) is 5.75 Å². The third-order valence-corrected chi connectivity index (χ3v) is 5.05. The molecule has 5 nitrogen and oxygen atoms in total. The van der Waals surface area contributed by atoms with Crippen LogP contribution in [0.2, 0.25) is 0 Å². The van der Waals surface area contributed by atoms with Crippen molar-refractivity contribution in [2.75, 3.05) is 40.8 Å². The SMILES string of the molecule is CCNC(=NCC(c1cccc(OC)c1)N(C)C)NCCc1cccs1. The predicted octanol–water partition coefficient (Wildman–Crippen LogP) is 3.16. The first-order valence-electron chi connectivity index (χ1n) is 8.99. The largest absolute Gasteiger partial charge is 0.497 e. The Labute approximate surface area is 161 Å². The quantitative estimate of drug-likeness (QED) is 0.523. The molecule has 1 atom stereocenters. The molecule has 1 aromatic heterocycles. The molecule has 0 amide bonds. The van der Waals surface area contributed by atoms with E-state index in [0.29, 0.717) is 6.54 Å². The Hall–Kier alpha value is -2.05. The number of nitrogens with one attached hydrogen (secondary N) is 2. The molecule has 1 aromatic carbocycles. The zero-order valence-electron chi connectivity index (χ0n) is 16.2. The Bertz CT molecular complexity index is 670. The van der Waals surface area contributed by atoms with Crippen molar-refractivity contribution in [3.8, 4) is 5.75 Å². The second kappa shape index (κ2) is 10.8. The lowest BCUT2D eigenvalue weighted by Crippen LogP contribution is -2.39. The van der Waals surface area contributed by atoms with E-state index in [0.717, 1.165) is 31.2 Å². The number of aliphatic imine (C=N–C) groups is 1. The fourth-order valence-electron chi connectivity index (χ4n) is 2.69. The van der Waals surface area contributed by atoms with Crippen LogP contribution in [0.1, 0.15) is 23.4 Å². The van der Waals surface area contributed by atoms with Crippen molar-refractivity contribution in [2.45, 2.75) is 19.4 Å². The topological polar surface area (TPSA) is 48.9 Å². The van der Waals surface area contributed by atoms with E-state index in [2.05, 4.69) is 66.2 Å². The normalized spacial score (nSPS) is 12.9. The number of benzene rings is 1. The van der Waals surface area contributed by atoms with Gasteiger partial charge in [-0.25, -0.2) is 0 Å². The van der Waals surface area contributed by atoms with Crippen LogP contribution in [0.3, 0.4) is 0 Å². The number of ether oxygens (including phenoxy) is 1. The second-order valence-electron chi connectivity index (χ2n) is 6.23. The van der Waals surface area contributed by atoms with Gasteiger partial charge in [0.05, 0.1) is 19.7 Å². The van der Waals surface area contributed by atoms with E-state index in [1.807, 2.05) is 12.1 Å². The Balaban J connectivity index is 2.01. The van der Waals surface area contributed by atoms with Crippen LogP contribution in [0.25, 0.3) is 0 Å². The Morgan fingerprint density at radius 1 is 1.23 bits per heavy atom. The van der Waals surface area contributed by atoms with Crippen LogP contribution in [-0.4, -0.2) is 51.7 Å². The first-order valence-corrected chi connectivity index (χ1v) is 9.87. The fourth-order valence-corrected chi connectivity index (χ4v) is 3.40. The van der Waals surface area contributed by atoms with Gasteiger partial charge in [-0.05, 0) is 56.6 Å². The summed E-state index contributed by atoms with van der Waals surface area (Å²) in [6.45, 7) is 4.48. The van der Waals surface area contributed by atoms with Gasteiger partial charge in [0.2, 0.25) is 0 Å². The van der Waals surface area contributed by atoms with Crippen LogP contribution in [-0.2, 0) is 6.42 Å². The minimum atomic E-state index is 0.192. The van der Waals surface area contributed by atoms with E-state index < -0.39 is 0 Å². The highest BCUT2D eigenvalue weighted by atomic mass is 32.1. The lowest BCUT2D eigenvalue weighted by molar-refractivity contribution is 0.305. The molecule has 0 spiro atoms. The average molecular weight is 375 g/mol. The van der Waals surface area contributed by atoms with Gasteiger partial charge in [-0.1, -0.05) is 18.2 Å². The molecular weight excluding hydrogens is 344 g/mol. The second-order valence-corrected chi connectivity index (χ2v) is 7.26. The summed E-state index contributed by atoms with van der Waals surface area (Å²) in [6.07, 6.45) is 1.01. The maximum Gasteiger partial charge on any atom is 0.191 e. The van der Waals surface area contributed by atoms with Crippen molar-refractivity contribution >= 4 is 17.3 Å². The molecule has 142 valence electrons. The van der Waals surface area contributed by atoms with Gasteiger partial charge in [0.1, 0.15) is 5.75 Å². The molecular formula is C20H30N4OS. The standard InChI is InChI=1S/C20H30N4OS/c1-5-21-20(22-12-11-18-10-7-13-26-18)23-15-19(24(2)3)16-8-6-9-17(14-16)25-4/h6-10,13-14,19H,5,11-12,15H2,1-4H3,(H2,21,22,23).